The summed E-state index contributed by atoms with van der Waals surface area (Å²) in [4.78, 5) is 61.0. The molecule has 5 atom stereocenters. The van der Waals surface area contributed by atoms with Crippen LogP contribution in [0.3, 0.4) is 0 Å². The first-order valence-corrected chi connectivity index (χ1v) is 12.7. The Kier molecular flexibility index (Phi) is 13.5. The number of carbonyl (C=O) groups excluding carboxylic acids is 4. The van der Waals surface area contributed by atoms with Gasteiger partial charge in [-0.2, -0.15) is 11.8 Å². The zero-order chi connectivity index (χ0) is 27.3. The van der Waals surface area contributed by atoms with Crippen LogP contribution in [0.25, 0.3) is 0 Å². The molecule has 13 heteroatoms. The van der Waals surface area contributed by atoms with E-state index in [2.05, 4.69) is 16.0 Å². The van der Waals surface area contributed by atoms with E-state index >= 15 is 0 Å². The van der Waals surface area contributed by atoms with Crippen LogP contribution < -0.4 is 27.4 Å². The van der Waals surface area contributed by atoms with Gasteiger partial charge in [0.05, 0.1) is 12.1 Å². The second-order valence-corrected chi connectivity index (χ2v) is 9.26. The molecule has 4 amide bonds. The Morgan fingerprint density at radius 3 is 2.08 bits per heavy atom. The number of hydrogen-bond acceptors (Lipinski definition) is 8. The molecule has 12 nitrogen and oxygen atoms in total. The quantitative estimate of drug-likeness (QED) is 0.133. The molecule has 5 unspecified atom stereocenters. The molecule has 0 bridgehead atoms. The van der Waals surface area contributed by atoms with Gasteiger partial charge in [0.2, 0.25) is 23.6 Å². The van der Waals surface area contributed by atoms with Gasteiger partial charge in [0.25, 0.3) is 0 Å². The van der Waals surface area contributed by atoms with Gasteiger partial charge >= 0.3 is 5.97 Å². The van der Waals surface area contributed by atoms with Crippen molar-refractivity contribution in [2.45, 2.75) is 62.9 Å². The van der Waals surface area contributed by atoms with Crippen molar-refractivity contribution < 1.29 is 34.2 Å². The molecule has 0 aromatic heterocycles. The SMILES string of the molecule is CSCCC(N)C(=O)NC(C(=O)NC(Cc1ccccc1)C(=O)NC(CCC(N)=O)C(=O)O)C(C)O. The van der Waals surface area contributed by atoms with Crippen molar-refractivity contribution in [2.24, 2.45) is 11.5 Å². The minimum atomic E-state index is -1.41. The van der Waals surface area contributed by atoms with Crippen LogP contribution in [0.2, 0.25) is 0 Å². The van der Waals surface area contributed by atoms with Gasteiger partial charge in [-0.3, -0.25) is 19.2 Å². The van der Waals surface area contributed by atoms with Gasteiger partial charge in [-0.15, -0.1) is 0 Å². The van der Waals surface area contributed by atoms with Gasteiger partial charge in [0.1, 0.15) is 18.1 Å². The number of aliphatic hydroxyl groups excluding tert-OH is 1. The number of benzene rings is 1. The molecule has 36 heavy (non-hydrogen) atoms. The summed E-state index contributed by atoms with van der Waals surface area (Å²) < 4.78 is 0. The molecule has 0 heterocycles. The van der Waals surface area contributed by atoms with Crippen LogP contribution in [-0.4, -0.2) is 82.1 Å². The molecule has 200 valence electrons. The number of thioether (sulfide) groups is 1. The summed E-state index contributed by atoms with van der Waals surface area (Å²) in [5, 5.41) is 26.8. The molecule has 0 aliphatic rings. The van der Waals surface area contributed by atoms with Crippen molar-refractivity contribution in [3.8, 4) is 0 Å². The highest BCUT2D eigenvalue weighted by Crippen LogP contribution is 2.07. The third-order valence-electron chi connectivity index (χ3n) is 5.24. The van der Waals surface area contributed by atoms with E-state index in [4.69, 9.17) is 11.5 Å². The second kappa shape index (κ2) is 15.8. The molecule has 0 aliphatic heterocycles. The molecule has 0 spiro atoms. The number of primary amides is 1. The molecule has 1 aromatic carbocycles. The Balaban J connectivity index is 3.06. The van der Waals surface area contributed by atoms with E-state index in [0.29, 0.717) is 17.7 Å². The number of amides is 4. The zero-order valence-corrected chi connectivity index (χ0v) is 21.1. The molecule has 0 fully saturated rings. The highest BCUT2D eigenvalue weighted by atomic mass is 32.2. The fraction of sp³-hybridized carbons (Fsp3) is 0.522. The number of aliphatic carboxylic acids is 1. The Labute approximate surface area is 213 Å². The maximum Gasteiger partial charge on any atom is 0.326 e. The average molecular weight is 526 g/mol. The lowest BCUT2D eigenvalue weighted by Gasteiger charge is -2.26. The minimum absolute atomic E-state index is 0.00567. The van der Waals surface area contributed by atoms with Crippen molar-refractivity contribution in [3.05, 3.63) is 35.9 Å². The maximum absolute atomic E-state index is 13.0. The van der Waals surface area contributed by atoms with Crippen molar-refractivity contribution in [1.82, 2.24) is 16.0 Å². The monoisotopic (exact) mass is 525 g/mol. The van der Waals surface area contributed by atoms with Crippen LogP contribution in [0.1, 0.15) is 31.7 Å². The smallest absolute Gasteiger partial charge is 0.326 e. The Hall–Kier alpha value is -3.16. The highest BCUT2D eigenvalue weighted by Gasteiger charge is 2.32. The molecule has 1 rings (SSSR count). The number of rotatable bonds is 16. The van der Waals surface area contributed by atoms with Crippen LogP contribution in [-0.2, 0) is 30.4 Å². The normalized spacial score (nSPS) is 15.0. The topological polar surface area (TPSA) is 214 Å². The van der Waals surface area contributed by atoms with E-state index < -0.39 is 59.9 Å². The minimum Gasteiger partial charge on any atom is -0.480 e. The number of aliphatic hydroxyl groups is 1. The molecule has 0 saturated carbocycles. The van der Waals surface area contributed by atoms with Crippen molar-refractivity contribution in [3.63, 3.8) is 0 Å². The van der Waals surface area contributed by atoms with Crippen molar-refractivity contribution in [2.75, 3.05) is 12.0 Å². The number of nitrogens with two attached hydrogens (primary N) is 2. The zero-order valence-electron chi connectivity index (χ0n) is 20.3. The van der Waals surface area contributed by atoms with E-state index in [1.807, 2.05) is 6.26 Å². The van der Waals surface area contributed by atoms with Crippen LogP contribution in [0, 0.1) is 0 Å². The Bertz CT molecular complexity index is 900. The lowest BCUT2D eigenvalue weighted by atomic mass is 10.0. The predicted octanol–water partition coefficient (Wildman–Crippen LogP) is -1.51. The Morgan fingerprint density at radius 1 is 0.944 bits per heavy atom. The van der Waals surface area contributed by atoms with Gasteiger partial charge in [0.15, 0.2) is 0 Å². The number of hydrogen-bond donors (Lipinski definition) is 7. The first-order chi connectivity index (χ1) is 17.0. The van der Waals surface area contributed by atoms with Crippen molar-refractivity contribution in [1.29, 1.82) is 0 Å². The third kappa shape index (κ3) is 11.1. The number of nitrogens with one attached hydrogen (secondary N) is 3. The average Bonchev–Trinajstić information content (AvgIpc) is 2.82. The molecule has 0 saturated heterocycles. The summed E-state index contributed by atoms with van der Waals surface area (Å²) in [6.45, 7) is 1.30. The summed E-state index contributed by atoms with van der Waals surface area (Å²) in [5.74, 6) is -3.78. The van der Waals surface area contributed by atoms with E-state index in [1.165, 1.54) is 18.7 Å². The summed E-state index contributed by atoms with van der Waals surface area (Å²) in [7, 11) is 0. The second-order valence-electron chi connectivity index (χ2n) is 8.27. The number of carboxylic acid groups (broad SMARTS) is 1. The molecule has 0 aliphatic carbocycles. The molecular formula is C23H35N5O7S. The first-order valence-electron chi connectivity index (χ1n) is 11.3. The van der Waals surface area contributed by atoms with Gasteiger partial charge in [-0.25, -0.2) is 4.79 Å². The summed E-state index contributed by atoms with van der Waals surface area (Å²) in [6.07, 6.45) is 0.403. The van der Waals surface area contributed by atoms with Gasteiger partial charge < -0.3 is 37.6 Å². The molecule has 0 radical (unpaired) electrons. The van der Waals surface area contributed by atoms with Crippen molar-refractivity contribution >= 4 is 41.4 Å². The fourth-order valence-electron chi connectivity index (χ4n) is 3.18. The summed E-state index contributed by atoms with van der Waals surface area (Å²) >= 11 is 1.50. The standard InChI is InChI=1S/C23H35N5O7S/c1-13(29)19(28-20(31)15(24)10-11-36-2)22(33)27-17(12-14-6-4-3-5-7-14)21(32)26-16(23(34)35)8-9-18(25)30/h3-7,13,15-17,19,29H,8-12,24H2,1-2H3,(H2,25,30)(H,26,32)(H,27,33)(H,28,31)(H,34,35). The van der Waals surface area contributed by atoms with E-state index in [1.54, 1.807) is 30.3 Å². The third-order valence-corrected chi connectivity index (χ3v) is 5.89. The van der Waals surface area contributed by atoms with E-state index in [9.17, 15) is 34.2 Å². The maximum atomic E-state index is 13.0. The number of carboxylic acids is 1. The van der Waals surface area contributed by atoms with Crippen LogP contribution in [0.15, 0.2) is 30.3 Å². The summed E-state index contributed by atoms with van der Waals surface area (Å²) in [6, 6.07) is 3.69. The van der Waals surface area contributed by atoms with Crippen LogP contribution >= 0.6 is 11.8 Å². The predicted molar refractivity (Wildman–Crippen MR) is 135 cm³/mol. The molecule has 9 N–H and O–H groups in total. The highest BCUT2D eigenvalue weighted by molar-refractivity contribution is 7.98. The van der Waals surface area contributed by atoms with Gasteiger partial charge in [0, 0.05) is 12.8 Å². The van der Waals surface area contributed by atoms with Gasteiger partial charge in [-0.1, -0.05) is 30.3 Å². The Morgan fingerprint density at radius 2 is 1.56 bits per heavy atom. The lowest BCUT2D eigenvalue weighted by molar-refractivity contribution is -0.142. The number of carbonyl (C=O) groups is 5. The van der Waals surface area contributed by atoms with Crippen LogP contribution in [0.5, 0.6) is 0 Å². The summed E-state index contributed by atoms with van der Waals surface area (Å²) in [5.41, 5.74) is 11.6. The first kappa shape index (κ1) is 30.9. The fourth-order valence-corrected chi connectivity index (χ4v) is 3.67. The molecule has 1 aromatic rings. The van der Waals surface area contributed by atoms with Gasteiger partial charge in [-0.05, 0) is 37.3 Å². The largest absolute Gasteiger partial charge is 0.480 e. The van der Waals surface area contributed by atoms with E-state index in [-0.39, 0.29) is 19.3 Å². The van der Waals surface area contributed by atoms with Crippen LogP contribution in [0.4, 0.5) is 0 Å². The lowest BCUT2D eigenvalue weighted by Crippen LogP contribution is -2.60. The van der Waals surface area contributed by atoms with E-state index in [0.717, 1.165) is 0 Å². The molecular weight excluding hydrogens is 490 g/mol.